The van der Waals surface area contributed by atoms with Gasteiger partial charge in [0.2, 0.25) is 0 Å². The Morgan fingerprint density at radius 3 is 2.50 bits per heavy atom. The van der Waals surface area contributed by atoms with Crippen LogP contribution in [0, 0.1) is 0 Å². The highest BCUT2D eigenvalue weighted by molar-refractivity contribution is 5.83. The Hall–Kier alpha value is -2.75. The van der Waals surface area contributed by atoms with E-state index in [4.69, 9.17) is 4.74 Å². The summed E-state index contributed by atoms with van der Waals surface area (Å²) in [6.07, 6.45) is 3.33. The number of nitrogens with one attached hydrogen (secondary N) is 2. The molecule has 26 heavy (non-hydrogen) atoms. The number of rotatable bonds is 5. The van der Waals surface area contributed by atoms with Crippen LogP contribution < -0.4 is 5.32 Å². The number of hydrogen-bond donors (Lipinski definition) is 2. The fourth-order valence-corrected chi connectivity index (χ4v) is 3.10. The van der Waals surface area contributed by atoms with E-state index in [9.17, 15) is 4.79 Å². The predicted octanol–water partition coefficient (Wildman–Crippen LogP) is 5.37. The van der Waals surface area contributed by atoms with E-state index in [1.165, 1.54) is 10.9 Å². The highest BCUT2D eigenvalue weighted by Crippen LogP contribution is 2.24. The fraction of sp³-hybridized carbons (Fsp3) is 0.318. The van der Waals surface area contributed by atoms with Gasteiger partial charge in [0.05, 0.1) is 6.04 Å². The first kappa shape index (κ1) is 18.1. The zero-order chi connectivity index (χ0) is 18.6. The van der Waals surface area contributed by atoms with E-state index >= 15 is 0 Å². The van der Waals surface area contributed by atoms with E-state index in [2.05, 4.69) is 28.6 Å². The number of H-pyrrole nitrogens is 1. The Morgan fingerprint density at radius 2 is 1.77 bits per heavy atom. The van der Waals surface area contributed by atoms with Crippen LogP contribution in [0.1, 0.15) is 44.4 Å². The SMILES string of the molecule is CC(C)(C)OC(=O)N[C@@H](CCc1c[nH]c2ccccc12)c1ccccc1. The van der Waals surface area contributed by atoms with E-state index in [-0.39, 0.29) is 12.1 Å². The minimum Gasteiger partial charge on any atom is -0.444 e. The van der Waals surface area contributed by atoms with Gasteiger partial charge in [0.1, 0.15) is 5.60 Å². The van der Waals surface area contributed by atoms with Crippen LogP contribution >= 0.6 is 0 Å². The van der Waals surface area contributed by atoms with Gasteiger partial charge < -0.3 is 15.0 Å². The molecule has 0 saturated heterocycles. The number of carbonyl (C=O) groups is 1. The van der Waals surface area contributed by atoms with Crippen LogP contribution in [0.15, 0.2) is 60.8 Å². The lowest BCUT2D eigenvalue weighted by Gasteiger charge is -2.24. The molecule has 0 spiro atoms. The molecule has 0 aliphatic carbocycles. The number of amides is 1. The topological polar surface area (TPSA) is 54.1 Å². The second-order valence-corrected chi connectivity index (χ2v) is 7.51. The molecular weight excluding hydrogens is 324 g/mol. The Bertz CT molecular complexity index is 862. The van der Waals surface area contributed by atoms with Gasteiger partial charge in [0.15, 0.2) is 0 Å². The van der Waals surface area contributed by atoms with Gasteiger partial charge in [0, 0.05) is 17.1 Å². The number of alkyl carbamates (subject to hydrolysis) is 1. The summed E-state index contributed by atoms with van der Waals surface area (Å²) in [5, 5.41) is 4.26. The average Bonchev–Trinajstić information content (AvgIpc) is 3.01. The molecule has 0 aliphatic heterocycles. The normalized spacial score (nSPS) is 12.7. The molecule has 1 atom stereocenters. The smallest absolute Gasteiger partial charge is 0.408 e. The molecule has 1 aromatic heterocycles. The molecule has 0 aliphatic rings. The van der Waals surface area contributed by atoms with E-state index in [0.717, 1.165) is 23.9 Å². The Balaban J connectivity index is 1.74. The van der Waals surface area contributed by atoms with Crippen LogP contribution in [0.5, 0.6) is 0 Å². The lowest BCUT2D eigenvalue weighted by Crippen LogP contribution is -2.35. The highest BCUT2D eigenvalue weighted by Gasteiger charge is 2.20. The lowest BCUT2D eigenvalue weighted by atomic mass is 9.99. The summed E-state index contributed by atoms with van der Waals surface area (Å²) in [5.41, 5.74) is 2.96. The van der Waals surface area contributed by atoms with Gasteiger partial charge >= 0.3 is 6.09 Å². The van der Waals surface area contributed by atoms with Crippen molar-refractivity contribution in [1.82, 2.24) is 10.3 Å². The number of carbonyl (C=O) groups excluding carboxylic acids is 1. The van der Waals surface area contributed by atoms with Gasteiger partial charge in [-0.3, -0.25) is 0 Å². The number of para-hydroxylation sites is 1. The minimum atomic E-state index is -0.512. The number of aromatic nitrogens is 1. The van der Waals surface area contributed by atoms with Crippen molar-refractivity contribution < 1.29 is 9.53 Å². The third-order valence-electron chi connectivity index (χ3n) is 4.27. The molecule has 3 rings (SSSR count). The quantitative estimate of drug-likeness (QED) is 0.650. The van der Waals surface area contributed by atoms with Gasteiger partial charge in [-0.1, -0.05) is 48.5 Å². The second-order valence-electron chi connectivity index (χ2n) is 7.51. The van der Waals surface area contributed by atoms with Crippen LogP contribution in [0.2, 0.25) is 0 Å². The summed E-state index contributed by atoms with van der Waals surface area (Å²) in [4.78, 5) is 15.6. The van der Waals surface area contributed by atoms with Crippen LogP contribution in [-0.4, -0.2) is 16.7 Å². The monoisotopic (exact) mass is 350 g/mol. The van der Waals surface area contributed by atoms with Crippen molar-refractivity contribution in [3.8, 4) is 0 Å². The maximum atomic E-state index is 12.3. The van der Waals surface area contributed by atoms with Gasteiger partial charge in [-0.2, -0.15) is 0 Å². The van der Waals surface area contributed by atoms with Crippen LogP contribution in [-0.2, 0) is 11.2 Å². The van der Waals surface area contributed by atoms with Crippen molar-refractivity contribution in [2.24, 2.45) is 0 Å². The van der Waals surface area contributed by atoms with Crippen molar-refractivity contribution in [3.05, 3.63) is 71.9 Å². The number of benzene rings is 2. The predicted molar refractivity (Wildman–Crippen MR) is 105 cm³/mol. The minimum absolute atomic E-state index is 0.0975. The van der Waals surface area contributed by atoms with Crippen LogP contribution in [0.25, 0.3) is 10.9 Å². The summed E-state index contributed by atoms with van der Waals surface area (Å²) in [7, 11) is 0. The third-order valence-corrected chi connectivity index (χ3v) is 4.27. The van der Waals surface area contributed by atoms with Gasteiger partial charge in [0.25, 0.3) is 0 Å². The van der Waals surface area contributed by atoms with Crippen LogP contribution in [0.3, 0.4) is 0 Å². The van der Waals surface area contributed by atoms with Gasteiger partial charge in [-0.05, 0) is 50.8 Å². The van der Waals surface area contributed by atoms with E-state index in [1.807, 2.05) is 63.2 Å². The molecule has 1 amide bonds. The standard InChI is InChI=1S/C22H26N2O2/c1-22(2,3)26-21(25)24-19(16-9-5-4-6-10-16)14-13-17-15-23-20-12-8-7-11-18(17)20/h4-12,15,19,23H,13-14H2,1-3H3,(H,24,25)/t19-/m0/s1. The molecule has 3 aromatic rings. The largest absolute Gasteiger partial charge is 0.444 e. The molecule has 0 radical (unpaired) electrons. The number of ether oxygens (including phenoxy) is 1. The second kappa shape index (κ2) is 7.65. The molecule has 0 unspecified atom stereocenters. The third kappa shape index (κ3) is 4.66. The molecule has 136 valence electrons. The summed E-state index contributed by atoms with van der Waals surface area (Å²) in [6.45, 7) is 5.61. The van der Waals surface area contributed by atoms with Gasteiger partial charge in [-0.15, -0.1) is 0 Å². The van der Waals surface area contributed by atoms with Crippen molar-refractivity contribution in [3.63, 3.8) is 0 Å². The number of hydrogen-bond acceptors (Lipinski definition) is 2. The maximum absolute atomic E-state index is 12.3. The zero-order valence-electron chi connectivity index (χ0n) is 15.6. The molecule has 0 bridgehead atoms. The maximum Gasteiger partial charge on any atom is 0.408 e. The summed E-state index contributed by atoms with van der Waals surface area (Å²) < 4.78 is 5.44. The number of aryl methyl sites for hydroxylation is 1. The first-order valence-electron chi connectivity index (χ1n) is 9.02. The summed E-state index contributed by atoms with van der Waals surface area (Å²) in [5.74, 6) is 0. The van der Waals surface area contributed by atoms with Crippen LogP contribution in [0.4, 0.5) is 4.79 Å². The van der Waals surface area contributed by atoms with E-state index in [1.54, 1.807) is 0 Å². The number of fused-ring (bicyclic) bond motifs is 1. The molecule has 4 nitrogen and oxygen atoms in total. The van der Waals surface area contributed by atoms with Crippen molar-refractivity contribution in [2.75, 3.05) is 0 Å². The number of aromatic amines is 1. The highest BCUT2D eigenvalue weighted by atomic mass is 16.6. The molecule has 2 aromatic carbocycles. The van der Waals surface area contributed by atoms with Gasteiger partial charge in [-0.25, -0.2) is 4.79 Å². The molecule has 1 heterocycles. The van der Waals surface area contributed by atoms with E-state index in [0.29, 0.717) is 0 Å². The Morgan fingerprint density at radius 1 is 1.08 bits per heavy atom. The fourth-order valence-electron chi connectivity index (χ4n) is 3.10. The van der Waals surface area contributed by atoms with E-state index < -0.39 is 5.60 Å². The molecule has 4 heteroatoms. The van der Waals surface area contributed by atoms with Crippen molar-refractivity contribution in [2.45, 2.75) is 45.3 Å². The first-order valence-corrected chi connectivity index (χ1v) is 9.02. The Labute approximate surface area is 154 Å². The molecular formula is C22H26N2O2. The molecule has 0 saturated carbocycles. The Kier molecular flexibility index (Phi) is 5.31. The van der Waals surface area contributed by atoms with Crippen molar-refractivity contribution in [1.29, 1.82) is 0 Å². The molecule has 0 fully saturated rings. The first-order chi connectivity index (χ1) is 12.4. The lowest BCUT2D eigenvalue weighted by molar-refractivity contribution is 0.0501. The average molecular weight is 350 g/mol. The summed E-state index contributed by atoms with van der Waals surface area (Å²) >= 11 is 0. The zero-order valence-corrected chi connectivity index (χ0v) is 15.6. The molecule has 2 N–H and O–H groups in total. The summed E-state index contributed by atoms with van der Waals surface area (Å²) in [6, 6.07) is 18.2. The van der Waals surface area contributed by atoms with Crippen molar-refractivity contribution >= 4 is 17.0 Å².